The van der Waals surface area contributed by atoms with Gasteiger partial charge in [-0.05, 0) is 38.5 Å². The van der Waals surface area contributed by atoms with Crippen molar-refractivity contribution >= 4 is 15.9 Å². The average molecular weight is 215 g/mol. The number of rotatable bonds is 0. The Bertz CT molecular complexity index is 183. The maximum Gasteiger partial charge on any atom is 0.0466 e. The highest BCUT2D eigenvalue weighted by molar-refractivity contribution is 9.10. The molecule has 0 aliphatic heterocycles. The van der Waals surface area contributed by atoms with Gasteiger partial charge < -0.3 is 0 Å². The molecule has 0 spiro atoms. The number of allylic oxidation sites excluding steroid dienone is 2. The van der Waals surface area contributed by atoms with Gasteiger partial charge in [-0.3, -0.25) is 0 Å². The maximum atomic E-state index is 3.90. The molecule has 0 heterocycles. The first-order chi connectivity index (χ1) is 5.31. The van der Waals surface area contributed by atoms with Gasteiger partial charge in [0.15, 0.2) is 0 Å². The van der Waals surface area contributed by atoms with Crippen LogP contribution in [-0.4, -0.2) is 4.32 Å². The zero-order valence-electron chi connectivity index (χ0n) is 6.91. The van der Waals surface area contributed by atoms with Crippen molar-refractivity contribution in [3.05, 3.63) is 11.6 Å². The molecule has 11 heavy (non-hydrogen) atoms. The van der Waals surface area contributed by atoms with E-state index in [-0.39, 0.29) is 0 Å². The van der Waals surface area contributed by atoms with Crippen molar-refractivity contribution in [2.45, 2.75) is 49.3 Å². The van der Waals surface area contributed by atoms with Gasteiger partial charge in [0.1, 0.15) is 0 Å². The Morgan fingerprint density at radius 3 is 2.82 bits per heavy atom. The Morgan fingerprint density at radius 1 is 1.18 bits per heavy atom. The molecule has 0 aromatic rings. The molecular weight excluding hydrogens is 200 g/mol. The van der Waals surface area contributed by atoms with Crippen molar-refractivity contribution in [1.82, 2.24) is 0 Å². The van der Waals surface area contributed by atoms with Crippen molar-refractivity contribution in [2.75, 3.05) is 0 Å². The van der Waals surface area contributed by atoms with Crippen LogP contribution in [0.3, 0.4) is 0 Å². The van der Waals surface area contributed by atoms with E-state index in [2.05, 4.69) is 22.0 Å². The molecule has 0 N–H and O–H groups in total. The van der Waals surface area contributed by atoms with Crippen molar-refractivity contribution < 1.29 is 0 Å². The Morgan fingerprint density at radius 2 is 2.00 bits per heavy atom. The lowest BCUT2D eigenvalue weighted by atomic mass is 9.77. The van der Waals surface area contributed by atoms with Crippen LogP contribution < -0.4 is 0 Å². The Kier molecular flexibility index (Phi) is 2.09. The van der Waals surface area contributed by atoms with Crippen LogP contribution in [0.5, 0.6) is 0 Å². The van der Waals surface area contributed by atoms with E-state index < -0.39 is 0 Å². The van der Waals surface area contributed by atoms with Crippen LogP contribution in [-0.2, 0) is 0 Å². The van der Waals surface area contributed by atoms with E-state index in [9.17, 15) is 0 Å². The lowest BCUT2D eigenvalue weighted by Gasteiger charge is -2.37. The van der Waals surface area contributed by atoms with Crippen molar-refractivity contribution in [1.29, 1.82) is 0 Å². The number of hydrogen-bond acceptors (Lipinski definition) is 0. The second kappa shape index (κ2) is 2.93. The summed E-state index contributed by atoms with van der Waals surface area (Å²) in [6.07, 6.45) is 12.1. The first kappa shape index (κ1) is 7.85. The van der Waals surface area contributed by atoms with E-state index in [0.29, 0.717) is 4.32 Å². The molecule has 1 heteroatoms. The summed E-state index contributed by atoms with van der Waals surface area (Å²) in [5.41, 5.74) is 1.70. The Balaban J connectivity index is 2.22. The van der Waals surface area contributed by atoms with E-state index in [1.807, 2.05) is 0 Å². The molecule has 0 nitrogen and oxygen atoms in total. The molecule has 62 valence electrons. The predicted octanol–water partition coefficient (Wildman–Crippen LogP) is 3.80. The van der Waals surface area contributed by atoms with Crippen molar-refractivity contribution in [2.24, 2.45) is 0 Å². The summed E-state index contributed by atoms with van der Waals surface area (Å²) in [5.74, 6) is 0. The van der Waals surface area contributed by atoms with Crippen LogP contribution in [0.1, 0.15) is 44.9 Å². The minimum Gasteiger partial charge on any atom is -0.0839 e. The molecule has 0 aromatic heterocycles. The number of fused-ring (bicyclic) bond motifs is 1. The van der Waals surface area contributed by atoms with Gasteiger partial charge in [0.2, 0.25) is 0 Å². The topological polar surface area (TPSA) is 0 Å². The number of halogens is 1. The summed E-state index contributed by atoms with van der Waals surface area (Å²) in [5, 5.41) is 0. The van der Waals surface area contributed by atoms with E-state index in [0.717, 1.165) is 0 Å². The van der Waals surface area contributed by atoms with Crippen LogP contribution in [0.4, 0.5) is 0 Å². The number of hydrogen-bond donors (Lipinski definition) is 0. The highest BCUT2D eigenvalue weighted by Gasteiger charge is 2.34. The average Bonchev–Trinajstić information content (AvgIpc) is 2.03. The Labute approximate surface area is 77.2 Å². The summed E-state index contributed by atoms with van der Waals surface area (Å²) in [7, 11) is 0. The molecule has 1 saturated carbocycles. The molecule has 2 aliphatic carbocycles. The third-order valence-electron chi connectivity index (χ3n) is 3.01. The molecule has 2 rings (SSSR count). The summed E-state index contributed by atoms with van der Waals surface area (Å²) < 4.78 is 0.448. The van der Waals surface area contributed by atoms with Crippen LogP contribution in [0.25, 0.3) is 0 Å². The van der Waals surface area contributed by atoms with Gasteiger partial charge >= 0.3 is 0 Å². The highest BCUT2D eigenvalue weighted by Crippen LogP contribution is 2.46. The van der Waals surface area contributed by atoms with Gasteiger partial charge in [0.05, 0.1) is 0 Å². The predicted molar refractivity (Wildman–Crippen MR) is 52.1 cm³/mol. The SMILES string of the molecule is BrC12CCCC=C1CCCC2. The summed E-state index contributed by atoms with van der Waals surface area (Å²) in [6.45, 7) is 0. The minimum absolute atomic E-state index is 0.448. The van der Waals surface area contributed by atoms with Crippen LogP contribution >= 0.6 is 15.9 Å². The van der Waals surface area contributed by atoms with E-state index in [1.54, 1.807) is 5.57 Å². The van der Waals surface area contributed by atoms with E-state index in [1.165, 1.54) is 44.9 Å². The summed E-state index contributed by atoms with van der Waals surface area (Å²) >= 11 is 3.90. The molecule has 0 amide bonds. The van der Waals surface area contributed by atoms with Gasteiger partial charge in [0, 0.05) is 4.32 Å². The Hall–Kier alpha value is 0.220. The first-order valence-electron chi connectivity index (χ1n) is 4.70. The second-order valence-corrected chi connectivity index (χ2v) is 5.31. The minimum atomic E-state index is 0.448. The van der Waals surface area contributed by atoms with E-state index in [4.69, 9.17) is 0 Å². The standard InChI is InChI=1S/C10H15Br/c11-10-7-3-1-5-9(10)6-2-4-8-10/h5H,1-4,6-8H2. The van der Waals surface area contributed by atoms with Gasteiger partial charge in [-0.2, -0.15) is 0 Å². The lowest BCUT2D eigenvalue weighted by molar-refractivity contribution is 0.446. The normalized spacial score (nSPS) is 37.7. The number of alkyl halides is 1. The van der Waals surface area contributed by atoms with Gasteiger partial charge in [-0.1, -0.05) is 34.0 Å². The molecule has 1 atom stereocenters. The molecule has 1 fully saturated rings. The fourth-order valence-corrected chi connectivity index (χ4v) is 3.26. The van der Waals surface area contributed by atoms with Gasteiger partial charge in [-0.15, -0.1) is 0 Å². The highest BCUT2D eigenvalue weighted by atomic mass is 79.9. The summed E-state index contributed by atoms with van der Waals surface area (Å²) in [4.78, 5) is 0. The van der Waals surface area contributed by atoms with E-state index >= 15 is 0 Å². The van der Waals surface area contributed by atoms with Crippen molar-refractivity contribution in [3.8, 4) is 0 Å². The first-order valence-corrected chi connectivity index (χ1v) is 5.49. The molecule has 0 radical (unpaired) electrons. The molecule has 1 unspecified atom stereocenters. The van der Waals surface area contributed by atoms with Crippen LogP contribution in [0.15, 0.2) is 11.6 Å². The monoisotopic (exact) mass is 214 g/mol. The third kappa shape index (κ3) is 1.40. The van der Waals surface area contributed by atoms with Gasteiger partial charge in [0.25, 0.3) is 0 Å². The quantitative estimate of drug-likeness (QED) is 0.425. The zero-order chi connectivity index (χ0) is 7.73. The van der Waals surface area contributed by atoms with Crippen LogP contribution in [0, 0.1) is 0 Å². The fraction of sp³-hybridized carbons (Fsp3) is 0.800. The third-order valence-corrected chi connectivity index (χ3v) is 4.31. The van der Waals surface area contributed by atoms with Gasteiger partial charge in [-0.25, -0.2) is 0 Å². The molecule has 0 aromatic carbocycles. The maximum absolute atomic E-state index is 3.90. The lowest BCUT2D eigenvalue weighted by Crippen LogP contribution is -2.29. The second-order valence-electron chi connectivity index (χ2n) is 3.79. The zero-order valence-corrected chi connectivity index (χ0v) is 8.49. The molecule has 2 aliphatic rings. The smallest absolute Gasteiger partial charge is 0.0466 e. The largest absolute Gasteiger partial charge is 0.0839 e. The fourth-order valence-electron chi connectivity index (χ4n) is 2.33. The molecular formula is C10H15Br. The van der Waals surface area contributed by atoms with Crippen LogP contribution in [0.2, 0.25) is 0 Å². The summed E-state index contributed by atoms with van der Waals surface area (Å²) in [6, 6.07) is 0. The molecule has 0 saturated heterocycles. The molecule has 0 bridgehead atoms. The van der Waals surface area contributed by atoms with Crippen molar-refractivity contribution in [3.63, 3.8) is 0 Å².